The van der Waals surface area contributed by atoms with Crippen LogP contribution in [-0.2, 0) is 4.79 Å². The highest BCUT2D eigenvalue weighted by Crippen LogP contribution is 2.11. The first-order chi connectivity index (χ1) is 8.59. The first kappa shape index (κ1) is 15.4. The van der Waals surface area contributed by atoms with Crippen molar-refractivity contribution in [3.63, 3.8) is 0 Å². The van der Waals surface area contributed by atoms with E-state index in [1.807, 2.05) is 0 Å². The summed E-state index contributed by atoms with van der Waals surface area (Å²) in [7, 11) is 2.15. The highest BCUT2D eigenvalue weighted by Gasteiger charge is 2.17. The van der Waals surface area contributed by atoms with Crippen LogP contribution in [0.4, 0.5) is 0 Å². The second-order valence-corrected chi connectivity index (χ2v) is 5.69. The molecule has 1 rings (SSSR count). The van der Waals surface area contributed by atoms with Crippen molar-refractivity contribution in [2.75, 3.05) is 33.2 Å². The van der Waals surface area contributed by atoms with E-state index in [0.29, 0.717) is 18.4 Å². The van der Waals surface area contributed by atoms with Crippen LogP contribution >= 0.6 is 0 Å². The van der Waals surface area contributed by atoms with Gasteiger partial charge in [-0.2, -0.15) is 0 Å². The Morgan fingerprint density at radius 1 is 1.44 bits per heavy atom. The second kappa shape index (κ2) is 8.48. The van der Waals surface area contributed by atoms with E-state index in [1.165, 1.54) is 0 Å². The Labute approximate surface area is 111 Å². The van der Waals surface area contributed by atoms with Gasteiger partial charge < -0.3 is 15.5 Å². The Bertz CT molecular complexity index is 237. The van der Waals surface area contributed by atoms with Gasteiger partial charge in [-0.15, -0.1) is 0 Å². The molecule has 1 fully saturated rings. The summed E-state index contributed by atoms with van der Waals surface area (Å²) in [5, 5.41) is 6.32. The van der Waals surface area contributed by atoms with Gasteiger partial charge in [0.15, 0.2) is 0 Å². The van der Waals surface area contributed by atoms with Crippen molar-refractivity contribution in [2.45, 2.75) is 45.6 Å². The van der Waals surface area contributed by atoms with Crippen LogP contribution in [0.3, 0.4) is 0 Å². The zero-order chi connectivity index (χ0) is 13.4. The van der Waals surface area contributed by atoms with Gasteiger partial charge in [0.2, 0.25) is 5.91 Å². The highest BCUT2D eigenvalue weighted by atomic mass is 16.1. The Balaban J connectivity index is 1.95. The van der Waals surface area contributed by atoms with E-state index in [4.69, 9.17) is 0 Å². The van der Waals surface area contributed by atoms with Crippen LogP contribution in [-0.4, -0.2) is 50.1 Å². The maximum Gasteiger partial charge on any atom is 0.220 e. The summed E-state index contributed by atoms with van der Waals surface area (Å²) < 4.78 is 0. The van der Waals surface area contributed by atoms with E-state index >= 15 is 0 Å². The van der Waals surface area contributed by atoms with E-state index in [9.17, 15) is 4.79 Å². The van der Waals surface area contributed by atoms with Crippen LogP contribution in [0, 0.1) is 5.92 Å². The molecule has 1 saturated heterocycles. The maximum absolute atomic E-state index is 11.7. The molecule has 1 heterocycles. The summed E-state index contributed by atoms with van der Waals surface area (Å²) in [6, 6.07) is 0.606. The quantitative estimate of drug-likeness (QED) is 0.641. The lowest BCUT2D eigenvalue weighted by atomic mass is 10.0. The SMILES string of the molecule is CC(C)N(C)CCCCNC(=O)CC1CCNC1. The summed E-state index contributed by atoms with van der Waals surface area (Å²) in [4.78, 5) is 14.0. The first-order valence-electron chi connectivity index (χ1n) is 7.27. The third kappa shape index (κ3) is 6.36. The minimum Gasteiger partial charge on any atom is -0.356 e. The zero-order valence-electron chi connectivity index (χ0n) is 12.2. The third-order valence-electron chi connectivity index (χ3n) is 3.78. The molecular weight excluding hydrogens is 226 g/mol. The molecule has 4 nitrogen and oxygen atoms in total. The minimum atomic E-state index is 0.223. The van der Waals surface area contributed by atoms with Crippen molar-refractivity contribution in [2.24, 2.45) is 5.92 Å². The third-order valence-corrected chi connectivity index (χ3v) is 3.78. The monoisotopic (exact) mass is 255 g/mol. The van der Waals surface area contributed by atoms with Gasteiger partial charge in [-0.1, -0.05) is 0 Å². The van der Waals surface area contributed by atoms with Gasteiger partial charge in [0.25, 0.3) is 0 Å². The lowest BCUT2D eigenvalue weighted by Gasteiger charge is -2.20. The van der Waals surface area contributed by atoms with Crippen molar-refractivity contribution in [3.05, 3.63) is 0 Å². The van der Waals surface area contributed by atoms with Crippen molar-refractivity contribution >= 4 is 5.91 Å². The molecule has 0 saturated carbocycles. The van der Waals surface area contributed by atoms with Crippen molar-refractivity contribution in [1.82, 2.24) is 15.5 Å². The summed E-state index contributed by atoms with van der Waals surface area (Å²) in [5.41, 5.74) is 0. The molecular formula is C14H29N3O. The second-order valence-electron chi connectivity index (χ2n) is 5.69. The van der Waals surface area contributed by atoms with Gasteiger partial charge in [-0.05, 0) is 65.7 Å². The molecule has 1 atom stereocenters. The fourth-order valence-electron chi connectivity index (χ4n) is 2.20. The molecule has 0 aliphatic carbocycles. The highest BCUT2D eigenvalue weighted by molar-refractivity contribution is 5.76. The van der Waals surface area contributed by atoms with E-state index in [1.54, 1.807) is 0 Å². The number of hydrogen-bond acceptors (Lipinski definition) is 3. The van der Waals surface area contributed by atoms with E-state index in [-0.39, 0.29) is 5.91 Å². The lowest BCUT2D eigenvalue weighted by molar-refractivity contribution is -0.121. The largest absolute Gasteiger partial charge is 0.356 e. The number of nitrogens with one attached hydrogen (secondary N) is 2. The minimum absolute atomic E-state index is 0.223. The molecule has 0 aromatic heterocycles. The Kier molecular flexibility index (Phi) is 7.28. The fourth-order valence-corrected chi connectivity index (χ4v) is 2.20. The molecule has 1 aliphatic rings. The summed E-state index contributed by atoms with van der Waals surface area (Å²) in [6.07, 6.45) is 4.07. The maximum atomic E-state index is 11.7. The predicted octanol–water partition coefficient (Wildman–Crippen LogP) is 1.22. The summed E-state index contributed by atoms with van der Waals surface area (Å²) >= 11 is 0. The number of amides is 1. The van der Waals surface area contributed by atoms with Gasteiger partial charge in [-0.25, -0.2) is 0 Å². The van der Waals surface area contributed by atoms with Crippen LogP contribution in [0.5, 0.6) is 0 Å². The van der Waals surface area contributed by atoms with Gasteiger partial charge in [0.1, 0.15) is 0 Å². The van der Waals surface area contributed by atoms with Crippen molar-refractivity contribution in [1.29, 1.82) is 0 Å². The molecule has 0 radical (unpaired) electrons. The number of carbonyl (C=O) groups excluding carboxylic acids is 1. The molecule has 106 valence electrons. The normalized spacial score (nSPS) is 19.7. The van der Waals surface area contributed by atoms with Crippen LogP contribution in [0.1, 0.15) is 39.5 Å². The van der Waals surface area contributed by atoms with Crippen LogP contribution in [0.15, 0.2) is 0 Å². The van der Waals surface area contributed by atoms with Crippen molar-refractivity contribution < 1.29 is 4.79 Å². The zero-order valence-corrected chi connectivity index (χ0v) is 12.2. The standard InChI is InChI=1S/C14H29N3O/c1-12(2)17(3)9-5-4-7-16-14(18)10-13-6-8-15-11-13/h12-13,15H,4-11H2,1-3H3,(H,16,18). The molecule has 1 aliphatic heterocycles. The Morgan fingerprint density at radius 3 is 2.83 bits per heavy atom. The molecule has 4 heteroatoms. The predicted molar refractivity (Wildman–Crippen MR) is 75.6 cm³/mol. The lowest BCUT2D eigenvalue weighted by Crippen LogP contribution is -2.29. The summed E-state index contributed by atoms with van der Waals surface area (Å²) in [6.45, 7) is 8.42. The van der Waals surface area contributed by atoms with Crippen LogP contribution in [0.2, 0.25) is 0 Å². The molecule has 2 N–H and O–H groups in total. The molecule has 0 aromatic rings. The molecule has 0 bridgehead atoms. The number of hydrogen-bond donors (Lipinski definition) is 2. The van der Waals surface area contributed by atoms with Gasteiger partial charge in [0.05, 0.1) is 0 Å². The Hall–Kier alpha value is -0.610. The average molecular weight is 255 g/mol. The molecule has 0 spiro atoms. The number of unbranched alkanes of at least 4 members (excludes halogenated alkanes) is 1. The van der Waals surface area contributed by atoms with E-state index < -0.39 is 0 Å². The van der Waals surface area contributed by atoms with Gasteiger partial charge in [-0.3, -0.25) is 4.79 Å². The first-order valence-corrected chi connectivity index (χ1v) is 7.27. The van der Waals surface area contributed by atoms with E-state index in [2.05, 4.69) is 36.4 Å². The number of rotatable bonds is 8. The molecule has 0 aromatic carbocycles. The fraction of sp³-hybridized carbons (Fsp3) is 0.929. The smallest absolute Gasteiger partial charge is 0.220 e. The van der Waals surface area contributed by atoms with Crippen LogP contribution in [0.25, 0.3) is 0 Å². The average Bonchev–Trinajstić information content (AvgIpc) is 2.80. The topological polar surface area (TPSA) is 44.4 Å². The number of carbonyl (C=O) groups is 1. The Morgan fingerprint density at radius 2 is 2.22 bits per heavy atom. The van der Waals surface area contributed by atoms with Gasteiger partial charge in [0, 0.05) is 19.0 Å². The van der Waals surface area contributed by atoms with Crippen LogP contribution < -0.4 is 10.6 Å². The summed E-state index contributed by atoms with van der Waals surface area (Å²) in [5.74, 6) is 0.776. The number of nitrogens with zero attached hydrogens (tertiary/aromatic N) is 1. The van der Waals surface area contributed by atoms with E-state index in [0.717, 1.165) is 45.4 Å². The molecule has 18 heavy (non-hydrogen) atoms. The van der Waals surface area contributed by atoms with Gasteiger partial charge >= 0.3 is 0 Å². The van der Waals surface area contributed by atoms with Crippen molar-refractivity contribution in [3.8, 4) is 0 Å². The molecule has 1 unspecified atom stereocenters. The molecule has 1 amide bonds.